The molecule has 3 unspecified atom stereocenters. The summed E-state index contributed by atoms with van der Waals surface area (Å²) in [6.07, 6.45) is 5.89. The van der Waals surface area contributed by atoms with Gasteiger partial charge in [-0.25, -0.2) is 0 Å². The van der Waals surface area contributed by atoms with Gasteiger partial charge in [0.25, 0.3) is 0 Å². The van der Waals surface area contributed by atoms with E-state index in [4.69, 9.17) is 19.7 Å². The number of hydrogen-bond acceptors (Lipinski definition) is 5. The molecule has 1 saturated carbocycles. The summed E-state index contributed by atoms with van der Waals surface area (Å²) >= 11 is 0. The van der Waals surface area contributed by atoms with Gasteiger partial charge in [0, 0.05) is 48.7 Å². The molecule has 0 aliphatic heterocycles. The molecular formula is C18H28MnN3O3P-4. The molecule has 2 rings (SSSR count). The predicted molar refractivity (Wildman–Crippen MR) is 106 cm³/mol. The van der Waals surface area contributed by atoms with Gasteiger partial charge in [-0.1, -0.05) is 25.7 Å². The minimum absolute atomic E-state index is 0. The van der Waals surface area contributed by atoms with Crippen molar-refractivity contribution in [3.8, 4) is 0 Å². The number of pyridine rings is 1. The Labute approximate surface area is 170 Å². The molecule has 1 fully saturated rings. The molecule has 0 spiro atoms. The number of hydrogen-bond donors (Lipinski definition) is 0. The predicted octanol–water partition coefficient (Wildman–Crippen LogP) is 2.63. The van der Waals surface area contributed by atoms with Crippen molar-refractivity contribution in [2.24, 2.45) is 5.92 Å². The maximum atomic E-state index is 7.75. The Bertz CT molecular complexity index is 464. The fourth-order valence-corrected chi connectivity index (χ4v) is 3.57. The Morgan fingerprint density at radius 3 is 2.27 bits per heavy atom. The zero-order chi connectivity index (χ0) is 19.8. The Hall–Kier alpha value is -1.13. The van der Waals surface area contributed by atoms with Crippen LogP contribution in [0.2, 0.25) is 0 Å². The van der Waals surface area contributed by atoms with Crippen LogP contribution in [-0.2, 0) is 38.0 Å². The van der Waals surface area contributed by atoms with Crippen molar-refractivity contribution >= 4 is 35.3 Å². The largest absolute Gasteiger partial charge is 0.654 e. The van der Waals surface area contributed by atoms with E-state index in [1.54, 1.807) is 0 Å². The molecule has 0 saturated heterocycles. The second kappa shape index (κ2) is 18.7. The Morgan fingerprint density at radius 2 is 1.81 bits per heavy atom. The average Bonchev–Trinajstić information content (AvgIpc) is 3.11. The van der Waals surface area contributed by atoms with Gasteiger partial charge in [-0.15, -0.1) is 21.8 Å². The molecule has 4 atom stereocenters. The first-order valence-corrected chi connectivity index (χ1v) is 8.49. The first-order valence-electron chi connectivity index (χ1n) is 7.83. The standard InChI is InChI=1S/C15H25N3P.3CHO.Mn/c1-11(14-5-4-6-15(14)19)17-10-12-9-13(18(2)3)7-8-16-12;3*1-2;/h7-9,11,14-15H,4-6,10,19H2,1-3H3;3*1H;/q4*-1;/t11-,14?,15?;;;;/m1..../s1. The van der Waals surface area contributed by atoms with Gasteiger partial charge in [-0.2, -0.15) is 0 Å². The molecule has 1 heterocycles. The summed E-state index contributed by atoms with van der Waals surface area (Å²) in [5, 5.41) is 4.83. The van der Waals surface area contributed by atoms with Crippen LogP contribution in [0.5, 0.6) is 0 Å². The van der Waals surface area contributed by atoms with Gasteiger partial charge in [0.1, 0.15) is 0 Å². The minimum Gasteiger partial charge on any atom is -0.654 e. The molecule has 0 bridgehead atoms. The molecular weight excluding hydrogens is 392 g/mol. The Balaban J connectivity index is -0.000000686. The normalized spacial score (nSPS) is 18.3. The van der Waals surface area contributed by atoms with E-state index in [0.717, 1.165) is 23.8 Å². The van der Waals surface area contributed by atoms with Crippen LogP contribution in [0.25, 0.3) is 5.32 Å². The molecule has 1 aromatic heterocycles. The van der Waals surface area contributed by atoms with Crippen LogP contribution in [0.4, 0.5) is 5.69 Å². The van der Waals surface area contributed by atoms with Gasteiger partial charge in [0.2, 0.25) is 0 Å². The maximum Gasteiger partial charge on any atom is 0.0394 e. The smallest absolute Gasteiger partial charge is 0.0394 e. The number of aromatic nitrogens is 1. The van der Waals surface area contributed by atoms with Crippen LogP contribution in [0.15, 0.2) is 18.3 Å². The van der Waals surface area contributed by atoms with Crippen LogP contribution in [0.3, 0.4) is 0 Å². The van der Waals surface area contributed by atoms with Crippen LogP contribution in [0.1, 0.15) is 31.9 Å². The zero-order valence-electron chi connectivity index (χ0n) is 15.5. The van der Waals surface area contributed by atoms with Gasteiger partial charge in [-0.05, 0) is 24.2 Å². The molecule has 26 heavy (non-hydrogen) atoms. The Morgan fingerprint density at radius 1 is 1.23 bits per heavy atom. The third-order valence-corrected chi connectivity index (χ3v) is 4.93. The fourth-order valence-electron chi connectivity index (χ4n) is 2.82. The summed E-state index contributed by atoms with van der Waals surface area (Å²) in [6.45, 7) is 12.7. The van der Waals surface area contributed by atoms with Crippen molar-refractivity contribution in [3.63, 3.8) is 0 Å². The van der Waals surface area contributed by atoms with E-state index in [9.17, 15) is 0 Å². The molecule has 149 valence electrons. The Kier molecular flexibility index (Phi) is 21.3. The zero-order valence-corrected chi connectivity index (χ0v) is 17.9. The first-order chi connectivity index (χ1) is 12.1. The molecule has 8 heteroatoms. The molecule has 1 aliphatic carbocycles. The van der Waals surface area contributed by atoms with Crippen molar-refractivity contribution < 1.29 is 31.5 Å². The van der Waals surface area contributed by atoms with E-state index in [1.807, 2.05) is 12.3 Å². The van der Waals surface area contributed by atoms with Gasteiger partial charge in [-0.3, -0.25) is 25.4 Å². The second-order valence-corrected chi connectivity index (χ2v) is 6.60. The van der Waals surface area contributed by atoms with Gasteiger partial charge < -0.3 is 24.6 Å². The van der Waals surface area contributed by atoms with Crippen LogP contribution >= 0.6 is 9.24 Å². The molecule has 0 N–H and O–H groups in total. The van der Waals surface area contributed by atoms with Gasteiger partial charge >= 0.3 is 0 Å². The molecule has 0 aromatic carbocycles. The summed E-state index contributed by atoms with van der Waals surface area (Å²) in [5.41, 5.74) is 3.01. The average molecular weight is 420 g/mol. The summed E-state index contributed by atoms with van der Waals surface area (Å²) in [5.74, 6) is 0.738. The summed E-state index contributed by atoms with van der Waals surface area (Å²) < 4.78 is 0. The van der Waals surface area contributed by atoms with Crippen molar-refractivity contribution in [3.05, 3.63) is 29.3 Å². The summed E-state index contributed by atoms with van der Waals surface area (Å²) in [6, 6.07) is 4.60. The number of nitrogens with zero attached hydrogens (tertiary/aromatic N) is 3. The van der Waals surface area contributed by atoms with Crippen molar-refractivity contribution in [2.45, 2.75) is 44.4 Å². The maximum absolute atomic E-state index is 7.75. The van der Waals surface area contributed by atoms with Crippen molar-refractivity contribution in [1.82, 2.24) is 4.98 Å². The third kappa shape index (κ3) is 10.8. The molecule has 1 aromatic rings. The van der Waals surface area contributed by atoms with E-state index >= 15 is 0 Å². The van der Waals surface area contributed by atoms with Gasteiger partial charge in [0.15, 0.2) is 0 Å². The summed E-state index contributed by atoms with van der Waals surface area (Å²) in [4.78, 5) is 29.8. The molecule has 6 nitrogen and oxygen atoms in total. The first kappa shape index (κ1) is 29.6. The molecule has 1 aliphatic rings. The van der Waals surface area contributed by atoms with E-state index in [-0.39, 0.29) is 17.1 Å². The third-order valence-electron chi connectivity index (χ3n) is 4.10. The van der Waals surface area contributed by atoms with Crippen LogP contribution in [-0.4, -0.2) is 51.1 Å². The molecule has 1 radical (unpaired) electrons. The van der Waals surface area contributed by atoms with Gasteiger partial charge in [0.05, 0.1) is 0 Å². The van der Waals surface area contributed by atoms with E-state index in [1.165, 1.54) is 24.9 Å². The SMILES string of the molecule is C[C@@H]([N-]Cc1cc(N(C)C)ccn1)C1CCCC1P.[CH-]=O.[CH-]=O.[CH-]=O.[Mn]. The fraction of sp³-hybridized carbons (Fsp3) is 0.556. The second-order valence-electron chi connectivity index (χ2n) is 5.74. The van der Waals surface area contributed by atoms with Crippen molar-refractivity contribution in [1.29, 1.82) is 0 Å². The van der Waals surface area contributed by atoms with E-state index in [0.29, 0.717) is 6.04 Å². The van der Waals surface area contributed by atoms with Crippen LogP contribution in [0, 0.1) is 5.92 Å². The minimum atomic E-state index is 0. The molecule has 0 amide bonds. The van der Waals surface area contributed by atoms with E-state index < -0.39 is 0 Å². The monoisotopic (exact) mass is 420 g/mol. The van der Waals surface area contributed by atoms with Crippen LogP contribution < -0.4 is 4.90 Å². The quantitative estimate of drug-likeness (QED) is 0.317. The topological polar surface area (TPSA) is 81.4 Å². The van der Waals surface area contributed by atoms with E-state index in [2.05, 4.69) is 66.6 Å². The summed E-state index contributed by atoms with van der Waals surface area (Å²) in [7, 11) is 7.10. The van der Waals surface area contributed by atoms with Crippen molar-refractivity contribution in [2.75, 3.05) is 19.0 Å². The number of rotatable bonds is 5. The number of carbonyl (C=O) groups excluding carboxylic acids is 3. The number of anilines is 1.